The van der Waals surface area contributed by atoms with Crippen molar-refractivity contribution < 1.29 is 5.11 Å². The average Bonchev–Trinajstić information content (AvgIpc) is 1.85. The van der Waals surface area contributed by atoms with Crippen molar-refractivity contribution >= 4 is 0 Å². The highest BCUT2D eigenvalue weighted by molar-refractivity contribution is 4.99. The molecule has 0 spiro atoms. The molecule has 0 bridgehead atoms. The Hall–Kier alpha value is -0.560. The zero-order valence-electron chi connectivity index (χ0n) is 5.77. The average molecular weight is 126 g/mol. The molecule has 0 aliphatic heterocycles. The van der Waals surface area contributed by atoms with Gasteiger partial charge in [0.25, 0.3) is 0 Å². The molecule has 1 heteroatoms. The van der Waals surface area contributed by atoms with Crippen molar-refractivity contribution in [3.63, 3.8) is 0 Å². The summed E-state index contributed by atoms with van der Waals surface area (Å²) in [6, 6.07) is 0. The Kier molecular flexibility index (Phi) is 5.23. The largest absolute Gasteiger partial charge is 0.396 e. The van der Waals surface area contributed by atoms with Gasteiger partial charge in [-0.1, -0.05) is 18.2 Å². The van der Waals surface area contributed by atoms with Crippen molar-refractivity contribution in [2.24, 2.45) is 0 Å². The van der Waals surface area contributed by atoms with Gasteiger partial charge in [-0.25, -0.2) is 0 Å². The van der Waals surface area contributed by atoms with Crippen LogP contribution in [0.4, 0.5) is 0 Å². The monoisotopic (exact) mass is 126 g/mol. The van der Waals surface area contributed by atoms with E-state index in [0.29, 0.717) is 0 Å². The fraction of sp³-hybridized carbons (Fsp3) is 0.500. The highest BCUT2D eigenvalue weighted by atomic mass is 16.2. The van der Waals surface area contributed by atoms with Crippen LogP contribution < -0.4 is 0 Å². The molecule has 0 aliphatic rings. The van der Waals surface area contributed by atoms with Crippen molar-refractivity contribution in [3.8, 4) is 0 Å². The summed E-state index contributed by atoms with van der Waals surface area (Å²) >= 11 is 0. The van der Waals surface area contributed by atoms with E-state index in [0.717, 1.165) is 24.8 Å². The van der Waals surface area contributed by atoms with Crippen LogP contribution in [-0.4, -0.2) is 11.7 Å². The molecule has 0 radical (unpaired) electrons. The van der Waals surface area contributed by atoms with E-state index in [-0.39, 0.29) is 6.61 Å². The van der Waals surface area contributed by atoms with E-state index >= 15 is 0 Å². The van der Waals surface area contributed by atoms with E-state index in [4.69, 9.17) is 5.11 Å². The molecule has 0 fully saturated rings. The number of aliphatic hydroxyl groups excluding tert-OH is 1. The third kappa shape index (κ3) is 5.31. The van der Waals surface area contributed by atoms with E-state index in [9.17, 15) is 0 Å². The Morgan fingerprint density at radius 2 is 2.22 bits per heavy atom. The SMILES string of the molecule is C=CCC(=C)CCCO. The van der Waals surface area contributed by atoms with Gasteiger partial charge in [-0.15, -0.1) is 6.58 Å². The van der Waals surface area contributed by atoms with Crippen LogP contribution in [0.1, 0.15) is 19.3 Å². The van der Waals surface area contributed by atoms with Crippen molar-refractivity contribution in [3.05, 3.63) is 24.8 Å². The predicted octanol–water partition coefficient (Wildman–Crippen LogP) is 1.89. The van der Waals surface area contributed by atoms with E-state index in [1.165, 1.54) is 0 Å². The van der Waals surface area contributed by atoms with Crippen LogP contribution in [0.2, 0.25) is 0 Å². The van der Waals surface area contributed by atoms with Crippen molar-refractivity contribution in [1.82, 2.24) is 0 Å². The van der Waals surface area contributed by atoms with Crippen LogP contribution in [0.3, 0.4) is 0 Å². The first-order valence-corrected chi connectivity index (χ1v) is 3.19. The summed E-state index contributed by atoms with van der Waals surface area (Å²) in [4.78, 5) is 0. The van der Waals surface area contributed by atoms with Crippen LogP contribution in [0.25, 0.3) is 0 Å². The second-order valence-corrected chi connectivity index (χ2v) is 2.07. The Morgan fingerprint density at radius 3 is 2.67 bits per heavy atom. The molecule has 0 aromatic heterocycles. The third-order valence-corrected chi connectivity index (χ3v) is 1.12. The molecule has 0 aromatic carbocycles. The Balaban J connectivity index is 3.16. The molecule has 1 nitrogen and oxygen atoms in total. The molecule has 0 rings (SSSR count). The maximum absolute atomic E-state index is 8.42. The smallest absolute Gasteiger partial charge is 0.0434 e. The van der Waals surface area contributed by atoms with Crippen LogP contribution >= 0.6 is 0 Å². The van der Waals surface area contributed by atoms with Gasteiger partial charge in [-0.2, -0.15) is 0 Å². The Morgan fingerprint density at radius 1 is 1.56 bits per heavy atom. The summed E-state index contributed by atoms with van der Waals surface area (Å²) < 4.78 is 0. The van der Waals surface area contributed by atoms with Gasteiger partial charge in [0, 0.05) is 6.61 Å². The second kappa shape index (κ2) is 5.57. The van der Waals surface area contributed by atoms with Gasteiger partial charge in [0.1, 0.15) is 0 Å². The summed E-state index contributed by atoms with van der Waals surface area (Å²) in [7, 11) is 0. The van der Waals surface area contributed by atoms with Crippen LogP contribution in [0.15, 0.2) is 24.8 Å². The maximum atomic E-state index is 8.42. The topological polar surface area (TPSA) is 20.2 Å². The Bertz CT molecular complexity index is 94.7. The third-order valence-electron chi connectivity index (χ3n) is 1.12. The van der Waals surface area contributed by atoms with Crippen LogP contribution in [0.5, 0.6) is 0 Å². The van der Waals surface area contributed by atoms with Crippen molar-refractivity contribution in [2.75, 3.05) is 6.61 Å². The minimum Gasteiger partial charge on any atom is -0.396 e. The maximum Gasteiger partial charge on any atom is 0.0434 e. The molecule has 0 saturated carbocycles. The van der Waals surface area contributed by atoms with Crippen molar-refractivity contribution in [2.45, 2.75) is 19.3 Å². The van der Waals surface area contributed by atoms with Crippen LogP contribution in [0, 0.1) is 0 Å². The highest BCUT2D eigenvalue weighted by Gasteiger charge is 1.88. The Labute approximate surface area is 56.7 Å². The summed E-state index contributed by atoms with van der Waals surface area (Å²) in [5.74, 6) is 0. The second-order valence-electron chi connectivity index (χ2n) is 2.07. The number of allylic oxidation sites excluding steroid dienone is 2. The lowest BCUT2D eigenvalue weighted by Crippen LogP contribution is -1.84. The molecule has 0 saturated heterocycles. The molecule has 0 amide bonds. The molecule has 0 heterocycles. The molecular formula is C8H14O. The summed E-state index contributed by atoms with van der Waals surface area (Å²) in [6.45, 7) is 7.65. The van der Waals surface area contributed by atoms with E-state index < -0.39 is 0 Å². The zero-order valence-corrected chi connectivity index (χ0v) is 5.77. The molecular weight excluding hydrogens is 112 g/mol. The van der Waals surface area contributed by atoms with E-state index in [1.54, 1.807) is 0 Å². The number of rotatable bonds is 5. The van der Waals surface area contributed by atoms with E-state index in [1.807, 2.05) is 6.08 Å². The quantitative estimate of drug-likeness (QED) is 0.558. The van der Waals surface area contributed by atoms with Gasteiger partial charge in [0.15, 0.2) is 0 Å². The molecule has 0 atom stereocenters. The van der Waals surface area contributed by atoms with Gasteiger partial charge in [-0.05, 0) is 19.3 Å². The summed E-state index contributed by atoms with van der Waals surface area (Å²) in [6.07, 6.45) is 4.45. The minimum absolute atomic E-state index is 0.260. The lowest BCUT2D eigenvalue weighted by Gasteiger charge is -1.97. The van der Waals surface area contributed by atoms with Crippen molar-refractivity contribution in [1.29, 1.82) is 0 Å². The minimum atomic E-state index is 0.260. The lowest BCUT2D eigenvalue weighted by atomic mass is 10.1. The lowest BCUT2D eigenvalue weighted by molar-refractivity contribution is 0.288. The molecule has 0 aromatic rings. The molecule has 0 aliphatic carbocycles. The predicted molar refractivity (Wildman–Crippen MR) is 40.3 cm³/mol. The van der Waals surface area contributed by atoms with Gasteiger partial charge < -0.3 is 5.11 Å². The van der Waals surface area contributed by atoms with E-state index in [2.05, 4.69) is 13.2 Å². The number of aliphatic hydroxyl groups is 1. The first kappa shape index (κ1) is 8.44. The zero-order chi connectivity index (χ0) is 7.11. The first-order valence-electron chi connectivity index (χ1n) is 3.19. The van der Waals surface area contributed by atoms with Crippen LogP contribution in [-0.2, 0) is 0 Å². The molecule has 1 N–H and O–H groups in total. The van der Waals surface area contributed by atoms with Gasteiger partial charge in [0.2, 0.25) is 0 Å². The van der Waals surface area contributed by atoms with Gasteiger partial charge in [-0.3, -0.25) is 0 Å². The number of hydrogen-bond donors (Lipinski definition) is 1. The summed E-state index contributed by atoms with van der Waals surface area (Å²) in [5, 5.41) is 8.42. The normalized spacial score (nSPS) is 9.00. The van der Waals surface area contributed by atoms with Gasteiger partial charge >= 0.3 is 0 Å². The molecule has 0 unspecified atom stereocenters. The fourth-order valence-corrected chi connectivity index (χ4v) is 0.635. The fourth-order valence-electron chi connectivity index (χ4n) is 0.635. The highest BCUT2D eigenvalue weighted by Crippen LogP contribution is 2.05. The molecule has 9 heavy (non-hydrogen) atoms. The summed E-state index contributed by atoms with van der Waals surface area (Å²) in [5.41, 5.74) is 1.15. The first-order chi connectivity index (χ1) is 4.31. The number of hydrogen-bond acceptors (Lipinski definition) is 1. The molecule has 52 valence electrons. The van der Waals surface area contributed by atoms with Gasteiger partial charge in [0.05, 0.1) is 0 Å². The standard InChI is InChI=1S/C8H14O/c1-3-5-8(2)6-4-7-9/h3,9H,1-2,4-7H2.